The molecule has 0 amide bonds. The van der Waals surface area contributed by atoms with E-state index in [1.165, 1.54) is 29.9 Å². The predicted octanol–water partition coefficient (Wildman–Crippen LogP) is 8.04. The van der Waals surface area contributed by atoms with E-state index in [0.29, 0.717) is 32.3 Å². The van der Waals surface area contributed by atoms with Crippen molar-refractivity contribution in [1.29, 1.82) is 0 Å². The van der Waals surface area contributed by atoms with Gasteiger partial charge in [0.25, 0.3) is 5.78 Å². The van der Waals surface area contributed by atoms with Crippen LogP contribution in [0.15, 0.2) is 48.8 Å². The van der Waals surface area contributed by atoms with E-state index < -0.39 is 23.6 Å². The number of nitrogens with two attached hydrogens (primary N) is 1. The molecule has 0 aliphatic carbocycles. The summed E-state index contributed by atoms with van der Waals surface area (Å²) in [6.45, 7) is 6.58. The van der Waals surface area contributed by atoms with Gasteiger partial charge in [0, 0.05) is 34.1 Å². The van der Waals surface area contributed by atoms with Gasteiger partial charge < -0.3 is 4.74 Å². The lowest BCUT2D eigenvalue weighted by atomic mass is 10.1. The summed E-state index contributed by atoms with van der Waals surface area (Å²) in [5, 5.41) is 4.93. The highest BCUT2D eigenvalue weighted by Crippen LogP contribution is 2.28. The molecule has 2 unspecified atom stereocenters. The Labute approximate surface area is 321 Å². The Morgan fingerprint density at radius 1 is 0.882 bits per heavy atom. The summed E-state index contributed by atoms with van der Waals surface area (Å²) in [6, 6.07) is 8.18. The number of rotatable bonds is 8. The topological polar surface area (TPSA) is 168 Å². The van der Waals surface area contributed by atoms with Crippen LogP contribution in [0, 0.1) is 11.6 Å². The van der Waals surface area contributed by atoms with E-state index in [-0.39, 0.29) is 63.5 Å². The smallest absolute Gasteiger partial charge is 0.381 e. The molecule has 0 aliphatic heterocycles. The average molecular weight is 827 g/mol. The Hall–Kier alpha value is -3.60. The Balaban J connectivity index is 0.000000280. The number of esters is 1. The van der Waals surface area contributed by atoms with Gasteiger partial charge >= 0.3 is 5.97 Å². The monoisotopic (exact) mass is 824 g/mol. The fourth-order valence-electron chi connectivity index (χ4n) is 4.10. The summed E-state index contributed by atoms with van der Waals surface area (Å²) in [5.74, 6) is 2.14. The number of aromatic nitrogens is 6. The minimum Gasteiger partial charge on any atom is -0.460 e. The number of hydrogen-bond acceptors (Lipinski definition) is 11. The molecule has 0 spiro atoms. The molecular weight excluding hydrogens is 799 g/mol. The number of hydrogen-bond donors (Lipinski definition) is 2. The van der Waals surface area contributed by atoms with E-state index in [4.69, 9.17) is 63.8 Å². The summed E-state index contributed by atoms with van der Waals surface area (Å²) in [4.78, 5) is 49.6. The minimum absolute atomic E-state index is 0. The van der Waals surface area contributed by atoms with E-state index in [9.17, 15) is 23.2 Å². The Morgan fingerprint density at radius 2 is 1.43 bits per heavy atom. The van der Waals surface area contributed by atoms with Gasteiger partial charge in [0.05, 0.1) is 25.0 Å². The third kappa shape index (κ3) is 11.4. The molecule has 2 aromatic carbocycles. The molecule has 5 aromatic rings. The summed E-state index contributed by atoms with van der Waals surface area (Å²) < 4.78 is 33.2. The van der Waals surface area contributed by atoms with Gasteiger partial charge in [0.15, 0.2) is 28.0 Å². The van der Waals surface area contributed by atoms with Crippen LogP contribution in [0.4, 0.5) is 8.78 Å². The first kappa shape index (κ1) is 43.6. The normalized spacial score (nSPS) is 11.6. The molecule has 3 heterocycles. The van der Waals surface area contributed by atoms with Crippen LogP contribution in [-0.4, -0.2) is 53.9 Å². The Morgan fingerprint density at radius 3 is 1.94 bits per heavy atom. The number of nitrogens with one attached hydrogen (secondary N) is 1. The van der Waals surface area contributed by atoms with E-state index >= 15 is 0 Å². The number of carbonyl (C=O) groups is 3. The molecule has 5 rings (SSSR count). The van der Waals surface area contributed by atoms with Crippen molar-refractivity contribution < 1.29 is 27.9 Å². The molecule has 272 valence electrons. The fraction of sp³-hybridized carbons (Fsp3) is 0.226. The van der Waals surface area contributed by atoms with Crippen LogP contribution in [0.5, 0.6) is 0 Å². The van der Waals surface area contributed by atoms with Crippen LogP contribution >= 0.6 is 70.4 Å². The first-order valence-electron chi connectivity index (χ1n) is 14.3. The van der Waals surface area contributed by atoms with Crippen LogP contribution in [-0.2, 0) is 9.53 Å². The van der Waals surface area contributed by atoms with Gasteiger partial charge in [0.1, 0.15) is 27.5 Å². The number of Topliss-reactive ketones (excluding diaryl/α,β-unsaturated/α-hetero) is 2. The molecule has 0 saturated carbocycles. The number of ketones is 2. The number of carbonyl (C=O) groups excluding carboxylic acids is 3. The Kier molecular flexibility index (Phi) is 17.0. The number of hydrazine groups is 1. The number of fused-ring (bicyclic) bond motifs is 1. The van der Waals surface area contributed by atoms with Gasteiger partial charge in [-0.3, -0.25) is 20.9 Å². The molecule has 2 atom stereocenters. The number of nitrogens with zero attached hydrogens (tertiary/aromatic N) is 6. The first-order chi connectivity index (χ1) is 23.6. The lowest BCUT2D eigenvalue weighted by Gasteiger charge is -2.14. The zero-order chi connectivity index (χ0) is 37.3. The molecule has 0 saturated heterocycles. The fourth-order valence-corrected chi connectivity index (χ4v) is 4.95. The largest absolute Gasteiger partial charge is 0.460 e. The van der Waals surface area contributed by atoms with Crippen molar-refractivity contribution in [3.05, 3.63) is 108 Å². The maximum absolute atomic E-state index is 14.2. The van der Waals surface area contributed by atoms with Crippen LogP contribution < -0.4 is 11.3 Å². The van der Waals surface area contributed by atoms with Crippen molar-refractivity contribution in [1.82, 2.24) is 35.1 Å². The lowest BCUT2D eigenvalue weighted by Crippen LogP contribution is -2.26. The van der Waals surface area contributed by atoms with E-state index in [2.05, 4.69) is 35.2 Å². The average Bonchev–Trinajstić information content (AvgIpc) is 3.43. The third-order valence-electron chi connectivity index (χ3n) is 6.54. The second-order valence-electron chi connectivity index (χ2n) is 9.99. The van der Waals surface area contributed by atoms with E-state index in [0.717, 1.165) is 6.20 Å². The van der Waals surface area contributed by atoms with Gasteiger partial charge in [-0.1, -0.05) is 70.1 Å². The zero-order valence-corrected chi connectivity index (χ0v) is 31.5. The molecule has 51 heavy (non-hydrogen) atoms. The predicted molar refractivity (Wildman–Crippen MR) is 193 cm³/mol. The van der Waals surface area contributed by atoms with Crippen LogP contribution in [0.3, 0.4) is 0 Å². The minimum atomic E-state index is -1.02. The van der Waals surface area contributed by atoms with Crippen LogP contribution in [0.25, 0.3) is 11.2 Å². The lowest BCUT2D eigenvalue weighted by molar-refractivity contribution is -0.137. The highest BCUT2D eigenvalue weighted by Gasteiger charge is 2.24. The number of benzene rings is 2. The molecule has 12 nitrogen and oxygen atoms in total. The van der Waals surface area contributed by atoms with Gasteiger partial charge in [-0.15, -0.1) is 12.4 Å². The molecule has 3 N–H and O–H groups in total. The highest BCUT2D eigenvalue weighted by atomic mass is 35.5. The second kappa shape index (κ2) is 19.9. The number of ether oxygens (including phenoxy) is 1. The van der Waals surface area contributed by atoms with Crippen LogP contribution in [0.2, 0.25) is 25.5 Å². The van der Waals surface area contributed by atoms with E-state index in [1.807, 2.05) is 0 Å². The second-order valence-corrected chi connectivity index (χ2v) is 12.0. The summed E-state index contributed by atoms with van der Waals surface area (Å²) in [7, 11) is 0. The SMILES string of the molecule is CC(=O)c1nn(C(C)c2ccc(Cl)cc2F)c2nc(Cl)cnc12.CC(NN)c1ccc(Cl)cc1F.CCOC(=O)C(=O)c1ncc(Cl)nc1Cl.Cl. The van der Waals surface area contributed by atoms with Gasteiger partial charge in [-0.05, 0) is 45.0 Å². The maximum Gasteiger partial charge on any atom is 0.381 e. The first-order valence-corrected chi connectivity index (χ1v) is 16.2. The maximum atomic E-state index is 14.2. The summed E-state index contributed by atoms with van der Waals surface area (Å²) in [5.41, 5.74) is 3.91. The molecule has 0 fully saturated rings. The molecule has 0 aliphatic rings. The van der Waals surface area contributed by atoms with Crippen LogP contribution in [0.1, 0.15) is 71.9 Å². The number of halogens is 8. The molecule has 0 bridgehead atoms. The van der Waals surface area contributed by atoms with Crippen molar-refractivity contribution in [2.75, 3.05) is 6.61 Å². The molecular formula is C31H28Cl6F2N8O4. The van der Waals surface area contributed by atoms with E-state index in [1.54, 1.807) is 45.0 Å². The van der Waals surface area contributed by atoms with Crippen molar-refractivity contribution in [2.45, 2.75) is 39.8 Å². The van der Waals surface area contributed by atoms with Crippen molar-refractivity contribution in [3.8, 4) is 0 Å². The third-order valence-corrected chi connectivity index (χ3v) is 7.64. The summed E-state index contributed by atoms with van der Waals surface area (Å²) >= 11 is 28.3. The zero-order valence-electron chi connectivity index (χ0n) is 26.9. The van der Waals surface area contributed by atoms with Gasteiger partial charge in [0.2, 0.25) is 0 Å². The van der Waals surface area contributed by atoms with Crippen molar-refractivity contribution in [3.63, 3.8) is 0 Å². The quantitative estimate of drug-likeness (QED) is 0.0511. The van der Waals surface area contributed by atoms with Gasteiger partial charge in [-0.2, -0.15) is 5.10 Å². The molecule has 20 heteroatoms. The Bertz CT molecular complexity index is 2040. The summed E-state index contributed by atoms with van der Waals surface area (Å²) in [6.07, 6.45) is 2.47. The standard InChI is InChI=1S/C15H11Cl2FN4O.C8H6Cl2N2O3.C8H10ClFN2.ClH/c1-7(10-4-3-9(16)5-11(10)18)22-15-14(13(21-22)8(2)23)19-6-12(17)20-15;1-2-15-8(14)6(13)5-7(10)12-4(9)3-11-5;1-5(12-11)7-3-2-6(9)4-8(7)10;/h3-7H,1-2H3;3H,2H2,1H3;2-5,12H,11H2,1H3;1H. The van der Waals surface area contributed by atoms with Gasteiger partial charge in [-0.25, -0.2) is 38.2 Å². The van der Waals surface area contributed by atoms with Crippen molar-refractivity contribution in [2.24, 2.45) is 5.84 Å². The molecule has 3 aromatic heterocycles. The highest BCUT2D eigenvalue weighted by molar-refractivity contribution is 6.44. The molecule has 0 radical (unpaired) electrons. The van der Waals surface area contributed by atoms with Crippen molar-refractivity contribution >= 4 is 99.1 Å².